The van der Waals surface area contributed by atoms with E-state index in [0.717, 1.165) is 0 Å². The molecule has 1 heteroatoms. The van der Waals surface area contributed by atoms with Gasteiger partial charge in [0, 0.05) is 31.7 Å². The summed E-state index contributed by atoms with van der Waals surface area (Å²) in [5.74, 6) is 0. The first-order chi connectivity index (χ1) is 19.4. The zero-order chi connectivity index (χ0) is 26.0. The normalized spacial score (nSPS) is 11.1. The van der Waals surface area contributed by atoms with Crippen LogP contribution in [0.25, 0.3) is 65.0 Å². The molecule has 0 unspecified atom stereocenters. The second-order valence-corrected chi connectivity index (χ2v) is 10.7. The highest BCUT2D eigenvalue weighted by Gasteiger charge is 2.21. The van der Waals surface area contributed by atoms with E-state index in [0.29, 0.717) is 0 Å². The molecule has 184 valence electrons. The molecule has 6 aromatic carbocycles. The lowest BCUT2D eigenvalue weighted by Crippen LogP contribution is -1.89. The number of hydrogen-bond acceptors (Lipinski definition) is 1. The van der Waals surface area contributed by atoms with Crippen LogP contribution in [0.15, 0.2) is 158 Å². The Kier molecular flexibility index (Phi) is 6.13. The molecule has 0 atom stereocenters. The maximum Gasteiger partial charge on any atom is 0.0440 e. The van der Waals surface area contributed by atoms with E-state index in [2.05, 4.69) is 158 Å². The van der Waals surface area contributed by atoms with Gasteiger partial charge in [0.25, 0.3) is 0 Å². The van der Waals surface area contributed by atoms with Gasteiger partial charge >= 0.3 is 0 Å². The number of fused-ring (bicyclic) bond motifs is 1. The van der Waals surface area contributed by atoms with E-state index in [1.54, 1.807) is 0 Å². The molecule has 1 heterocycles. The molecule has 7 aromatic rings. The second kappa shape index (κ2) is 10.2. The van der Waals surface area contributed by atoms with E-state index in [1.165, 1.54) is 65.0 Å². The first-order valence-electron chi connectivity index (χ1n) is 13.3. The molecule has 0 spiro atoms. The van der Waals surface area contributed by atoms with Crippen LogP contribution >= 0.6 is 11.3 Å². The van der Waals surface area contributed by atoms with Crippen LogP contribution in [0.5, 0.6) is 0 Å². The minimum atomic E-state index is 1.23. The van der Waals surface area contributed by atoms with E-state index in [9.17, 15) is 0 Å². The lowest BCUT2D eigenvalue weighted by atomic mass is 9.89. The summed E-state index contributed by atoms with van der Waals surface area (Å²) in [4.78, 5) is 2.61. The van der Waals surface area contributed by atoms with Gasteiger partial charge in [-0.15, -0.1) is 11.3 Å². The van der Waals surface area contributed by atoms with E-state index < -0.39 is 0 Å². The van der Waals surface area contributed by atoms with Crippen LogP contribution < -0.4 is 0 Å². The predicted octanol–water partition coefficient (Wildman–Crippen LogP) is 11.2. The summed E-state index contributed by atoms with van der Waals surface area (Å²) in [5, 5.41) is 2.59. The lowest BCUT2D eigenvalue weighted by molar-refractivity contribution is 1.59. The van der Waals surface area contributed by atoms with E-state index in [-0.39, 0.29) is 0 Å². The Hall–Kier alpha value is -4.72. The first kappa shape index (κ1) is 23.4. The van der Waals surface area contributed by atoms with E-state index in [1.807, 2.05) is 11.3 Å². The Morgan fingerprint density at radius 1 is 0.282 bits per heavy atom. The van der Waals surface area contributed by atoms with Gasteiger partial charge in [-0.1, -0.05) is 158 Å². The number of thiophene rings is 1. The number of hydrogen-bond donors (Lipinski definition) is 0. The summed E-state index contributed by atoms with van der Waals surface area (Å²) >= 11 is 1.91. The molecule has 0 bridgehead atoms. The predicted molar refractivity (Wildman–Crippen MR) is 169 cm³/mol. The highest BCUT2D eigenvalue weighted by molar-refractivity contribution is 7.21. The molecule has 0 aliphatic rings. The molecule has 39 heavy (non-hydrogen) atoms. The average Bonchev–Trinajstić information content (AvgIpc) is 3.41. The third-order valence-corrected chi connectivity index (χ3v) is 8.61. The smallest absolute Gasteiger partial charge is 0.0440 e. The third kappa shape index (κ3) is 4.27. The van der Waals surface area contributed by atoms with Gasteiger partial charge in [-0.05, 0) is 33.4 Å². The minimum absolute atomic E-state index is 1.23. The molecule has 1 aromatic heterocycles. The number of rotatable bonds is 5. The summed E-state index contributed by atoms with van der Waals surface area (Å²) in [6, 6.07) is 56.7. The van der Waals surface area contributed by atoms with Crippen molar-refractivity contribution in [2.24, 2.45) is 0 Å². The highest BCUT2D eigenvalue weighted by atomic mass is 32.1. The minimum Gasteiger partial charge on any atom is -0.134 e. The molecule has 0 fully saturated rings. The van der Waals surface area contributed by atoms with Crippen molar-refractivity contribution in [3.8, 4) is 54.3 Å². The summed E-state index contributed by atoms with van der Waals surface area (Å²) in [7, 11) is 0. The first-order valence-corrected chi connectivity index (χ1v) is 14.1. The van der Waals surface area contributed by atoms with Crippen molar-refractivity contribution in [1.82, 2.24) is 0 Å². The van der Waals surface area contributed by atoms with E-state index in [4.69, 9.17) is 0 Å². The SMILES string of the molecule is c1ccc(-c2ccccc2-c2sc(-c3c(-c4ccccc4)cccc3-c3ccccc3)c3ccccc23)cc1. The Morgan fingerprint density at radius 2 is 0.667 bits per heavy atom. The maximum atomic E-state index is 2.28. The van der Waals surface area contributed by atoms with Gasteiger partial charge in [0.2, 0.25) is 0 Å². The van der Waals surface area contributed by atoms with Crippen LogP contribution in [0.1, 0.15) is 0 Å². The monoisotopic (exact) mass is 514 g/mol. The van der Waals surface area contributed by atoms with Crippen molar-refractivity contribution in [2.75, 3.05) is 0 Å². The molecule has 0 nitrogen and oxygen atoms in total. The molecule has 0 saturated heterocycles. The fourth-order valence-electron chi connectivity index (χ4n) is 5.54. The maximum absolute atomic E-state index is 2.28. The molecular weight excluding hydrogens is 488 g/mol. The summed E-state index contributed by atoms with van der Waals surface area (Å²) in [6.07, 6.45) is 0. The summed E-state index contributed by atoms with van der Waals surface area (Å²) in [5.41, 5.74) is 10.0. The molecule has 0 aliphatic carbocycles. The Labute approximate surface area is 233 Å². The average molecular weight is 515 g/mol. The molecular formula is C38H26S. The largest absolute Gasteiger partial charge is 0.134 e. The zero-order valence-corrected chi connectivity index (χ0v) is 22.2. The van der Waals surface area contributed by atoms with Gasteiger partial charge in [-0.2, -0.15) is 0 Å². The topological polar surface area (TPSA) is 0 Å². The Balaban J connectivity index is 1.55. The molecule has 0 N–H and O–H groups in total. The fourth-order valence-corrected chi connectivity index (χ4v) is 6.93. The summed E-state index contributed by atoms with van der Waals surface area (Å²) in [6.45, 7) is 0. The fraction of sp³-hybridized carbons (Fsp3) is 0. The second-order valence-electron chi connectivity index (χ2n) is 9.68. The van der Waals surface area contributed by atoms with Crippen molar-refractivity contribution in [1.29, 1.82) is 0 Å². The highest BCUT2D eigenvalue weighted by Crippen LogP contribution is 2.51. The van der Waals surface area contributed by atoms with Crippen molar-refractivity contribution in [2.45, 2.75) is 0 Å². The molecule has 0 saturated carbocycles. The van der Waals surface area contributed by atoms with Gasteiger partial charge in [0.15, 0.2) is 0 Å². The van der Waals surface area contributed by atoms with Gasteiger partial charge in [-0.25, -0.2) is 0 Å². The molecule has 0 amide bonds. The van der Waals surface area contributed by atoms with Crippen LogP contribution in [-0.2, 0) is 0 Å². The van der Waals surface area contributed by atoms with Crippen LogP contribution in [0.3, 0.4) is 0 Å². The van der Waals surface area contributed by atoms with Crippen LogP contribution in [0.2, 0.25) is 0 Å². The standard InChI is InChI=1S/C38H26S/c1-4-15-27(16-5-1)30-21-10-11-22-33(30)37-34-23-12-13-24-35(34)38(39-37)36-31(28-17-6-2-7-18-28)25-14-26-32(36)29-19-8-3-9-20-29/h1-26H. The van der Waals surface area contributed by atoms with Crippen LogP contribution in [-0.4, -0.2) is 0 Å². The lowest BCUT2D eigenvalue weighted by Gasteiger charge is -2.15. The zero-order valence-electron chi connectivity index (χ0n) is 21.4. The van der Waals surface area contributed by atoms with E-state index >= 15 is 0 Å². The molecule has 7 rings (SSSR count). The van der Waals surface area contributed by atoms with Crippen molar-refractivity contribution in [3.05, 3.63) is 158 Å². The van der Waals surface area contributed by atoms with Crippen molar-refractivity contribution in [3.63, 3.8) is 0 Å². The molecule has 0 aliphatic heterocycles. The quantitative estimate of drug-likeness (QED) is 0.214. The van der Waals surface area contributed by atoms with Crippen molar-refractivity contribution < 1.29 is 0 Å². The van der Waals surface area contributed by atoms with Gasteiger partial charge in [-0.3, -0.25) is 0 Å². The van der Waals surface area contributed by atoms with Crippen molar-refractivity contribution >= 4 is 22.1 Å². The van der Waals surface area contributed by atoms with Crippen LogP contribution in [0.4, 0.5) is 0 Å². The molecule has 0 radical (unpaired) electrons. The van der Waals surface area contributed by atoms with Gasteiger partial charge < -0.3 is 0 Å². The summed E-state index contributed by atoms with van der Waals surface area (Å²) < 4.78 is 0. The van der Waals surface area contributed by atoms with Gasteiger partial charge in [0.1, 0.15) is 0 Å². The Bertz CT molecular complexity index is 1820. The van der Waals surface area contributed by atoms with Crippen LogP contribution in [0, 0.1) is 0 Å². The third-order valence-electron chi connectivity index (χ3n) is 7.34. The van der Waals surface area contributed by atoms with Gasteiger partial charge in [0.05, 0.1) is 0 Å². The Morgan fingerprint density at radius 3 is 1.21 bits per heavy atom. The number of benzene rings is 6.